The fraction of sp³-hybridized carbons (Fsp3) is 0.471. The molecule has 1 aromatic carbocycles. The fourth-order valence-electron chi connectivity index (χ4n) is 3.22. The van der Waals surface area contributed by atoms with E-state index in [1.165, 1.54) is 52.7 Å². The minimum Gasteiger partial charge on any atom is -0.387 e. The highest BCUT2D eigenvalue weighted by molar-refractivity contribution is 5.95. The summed E-state index contributed by atoms with van der Waals surface area (Å²) in [6.07, 6.45) is 4.87. The average Bonchev–Trinajstić information content (AvgIpc) is 2.43. The Balaban J connectivity index is 2.36. The number of pyridine rings is 1. The molecule has 0 amide bonds. The zero-order valence-corrected chi connectivity index (χ0v) is 12.1. The molecule has 1 heterocycles. The van der Waals surface area contributed by atoms with Gasteiger partial charge in [-0.3, -0.25) is 4.98 Å². The van der Waals surface area contributed by atoms with Crippen molar-refractivity contribution >= 4 is 16.6 Å². The number of aryl methyl sites for hydroxylation is 1. The molecule has 19 heavy (non-hydrogen) atoms. The smallest absolute Gasteiger partial charge is 0.0760 e. The summed E-state index contributed by atoms with van der Waals surface area (Å²) in [5.41, 5.74) is 6.63. The number of anilines is 1. The Hall–Kier alpha value is -1.57. The summed E-state index contributed by atoms with van der Waals surface area (Å²) in [6.45, 7) is 4.49. The first-order chi connectivity index (χ1) is 9.22. The molecule has 0 saturated heterocycles. The molecule has 100 valence electrons. The van der Waals surface area contributed by atoms with Crippen LogP contribution in [0.25, 0.3) is 10.9 Å². The van der Waals surface area contributed by atoms with Gasteiger partial charge in [-0.15, -0.1) is 0 Å². The number of benzene rings is 1. The third-order valence-corrected chi connectivity index (χ3v) is 4.20. The molecule has 2 nitrogen and oxygen atoms in total. The lowest BCUT2D eigenvalue weighted by atomic mass is 9.90. The summed E-state index contributed by atoms with van der Waals surface area (Å²) in [4.78, 5) is 5.01. The summed E-state index contributed by atoms with van der Waals surface area (Å²) in [6, 6.07) is 6.58. The van der Waals surface area contributed by atoms with E-state index in [1.54, 1.807) is 0 Å². The van der Waals surface area contributed by atoms with Crippen LogP contribution in [0.15, 0.2) is 18.2 Å². The maximum atomic E-state index is 5.01. The van der Waals surface area contributed by atoms with Crippen LogP contribution in [-0.2, 0) is 12.8 Å². The lowest BCUT2D eigenvalue weighted by Crippen LogP contribution is -2.10. The Morgan fingerprint density at radius 1 is 1.16 bits per heavy atom. The number of aromatic nitrogens is 1. The molecular formula is C17H22N2. The van der Waals surface area contributed by atoms with E-state index in [2.05, 4.69) is 37.4 Å². The molecule has 0 bridgehead atoms. The SMILES string of the molecule is CNc1c2c(nc3c(C(C)C)cccc13)CCCC2. The van der Waals surface area contributed by atoms with Crippen LogP contribution in [0.5, 0.6) is 0 Å². The van der Waals surface area contributed by atoms with Crippen LogP contribution in [-0.4, -0.2) is 12.0 Å². The predicted molar refractivity (Wildman–Crippen MR) is 82.0 cm³/mol. The number of para-hydroxylation sites is 1. The molecule has 1 aliphatic carbocycles. The van der Waals surface area contributed by atoms with Crippen molar-refractivity contribution in [2.45, 2.75) is 45.4 Å². The Morgan fingerprint density at radius 3 is 2.68 bits per heavy atom. The molecule has 2 aromatic rings. The van der Waals surface area contributed by atoms with E-state index in [9.17, 15) is 0 Å². The topological polar surface area (TPSA) is 24.9 Å². The monoisotopic (exact) mass is 254 g/mol. The maximum absolute atomic E-state index is 5.01. The standard InChI is InChI=1S/C17H22N2/c1-11(2)12-8-6-9-14-16(18-3)13-7-4-5-10-15(13)19-17(12)14/h6,8-9,11H,4-5,7,10H2,1-3H3,(H,18,19). The van der Waals surface area contributed by atoms with Gasteiger partial charge >= 0.3 is 0 Å². The number of nitrogens with one attached hydrogen (secondary N) is 1. The van der Waals surface area contributed by atoms with Gasteiger partial charge in [0.1, 0.15) is 0 Å². The van der Waals surface area contributed by atoms with Crippen molar-refractivity contribution in [1.29, 1.82) is 0 Å². The molecule has 3 rings (SSSR count). The zero-order valence-electron chi connectivity index (χ0n) is 12.1. The third-order valence-electron chi connectivity index (χ3n) is 4.20. The minimum atomic E-state index is 0.516. The first-order valence-electron chi connectivity index (χ1n) is 7.34. The van der Waals surface area contributed by atoms with Gasteiger partial charge in [0.05, 0.1) is 5.52 Å². The lowest BCUT2D eigenvalue weighted by molar-refractivity contribution is 0.672. The van der Waals surface area contributed by atoms with Crippen molar-refractivity contribution in [3.63, 3.8) is 0 Å². The fourth-order valence-corrected chi connectivity index (χ4v) is 3.22. The summed E-state index contributed by atoms with van der Waals surface area (Å²) < 4.78 is 0. The third kappa shape index (κ3) is 1.99. The number of hydrogen-bond donors (Lipinski definition) is 1. The van der Waals surface area contributed by atoms with Gasteiger partial charge in [0.15, 0.2) is 0 Å². The second-order valence-electron chi connectivity index (χ2n) is 5.77. The Morgan fingerprint density at radius 2 is 1.95 bits per heavy atom. The number of rotatable bonds is 2. The van der Waals surface area contributed by atoms with Gasteiger partial charge in [0.2, 0.25) is 0 Å². The number of hydrogen-bond acceptors (Lipinski definition) is 2. The molecular weight excluding hydrogens is 232 g/mol. The van der Waals surface area contributed by atoms with E-state index in [4.69, 9.17) is 4.98 Å². The van der Waals surface area contributed by atoms with E-state index in [0.29, 0.717) is 5.92 Å². The molecule has 1 N–H and O–H groups in total. The number of nitrogens with zero attached hydrogens (tertiary/aromatic N) is 1. The maximum Gasteiger partial charge on any atom is 0.0760 e. The second-order valence-corrected chi connectivity index (χ2v) is 5.77. The van der Waals surface area contributed by atoms with Gasteiger partial charge in [0.25, 0.3) is 0 Å². The van der Waals surface area contributed by atoms with Crippen molar-refractivity contribution in [2.24, 2.45) is 0 Å². The van der Waals surface area contributed by atoms with Crippen LogP contribution in [0.4, 0.5) is 5.69 Å². The van der Waals surface area contributed by atoms with Crippen molar-refractivity contribution < 1.29 is 0 Å². The van der Waals surface area contributed by atoms with Crippen LogP contribution in [0.2, 0.25) is 0 Å². The molecule has 0 radical (unpaired) electrons. The van der Waals surface area contributed by atoms with Crippen molar-refractivity contribution in [3.05, 3.63) is 35.0 Å². The molecule has 0 spiro atoms. The second kappa shape index (κ2) is 4.84. The van der Waals surface area contributed by atoms with Crippen molar-refractivity contribution in [1.82, 2.24) is 4.98 Å². The molecule has 0 unspecified atom stereocenters. The zero-order chi connectivity index (χ0) is 13.4. The molecule has 1 aliphatic rings. The molecule has 0 atom stereocenters. The minimum absolute atomic E-state index is 0.516. The van der Waals surface area contributed by atoms with Crippen molar-refractivity contribution in [2.75, 3.05) is 12.4 Å². The van der Waals surface area contributed by atoms with Gasteiger partial charge in [-0.2, -0.15) is 0 Å². The summed E-state index contributed by atoms with van der Waals surface area (Å²) >= 11 is 0. The summed E-state index contributed by atoms with van der Waals surface area (Å²) in [5, 5.41) is 4.71. The predicted octanol–water partition coefficient (Wildman–Crippen LogP) is 4.28. The normalized spacial score (nSPS) is 14.7. The van der Waals surface area contributed by atoms with Crippen molar-refractivity contribution in [3.8, 4) is 0 Å². The average molecular weight is 254 g/mol. The first-order valence-corrected chi connectivity index (χ1v) is 7.34. The molecule has 0 saturated carbocycles. The van der Waals surface area contributed by atoms with Gasteiger partial charge in [-0.05, 0) is 42.7 Å². The largest absolute Gasteiger partial charge is 0.387 e. The Bertz CT molecular complexity index is 614. The van der Waals surface area contributed by atoms with Crippen LogP contribution in [0.1, 0.15) is 49.4 Å². The van der Waals surface area contributed by atoms with Crippen LogP contribution in [0, 0.1) is 0 Å². The van der Waals surface area contributed by atoms with Crippen LogP contribution < -0.4 is 5.32 Å². The first kappa shape index (κ1) is 12.5. The van der Waals surface area contributed by atoms with E-state index < -0.39 is 0 Å². The Labute approximate surface area is 115 Å². The van der Waals surface area contributed by atoms with E-state index in [0.717, 1.165) is 6.42 Å². The molecule has 1 aromatic heterocycles. The number of fused-ring (bicyclic) bond motifs is 2. The van der Waals surface area contributed by atoms with Crippen LogP contribution >= 0.6 is 0 Å². The summed E-state index contributed by atoms with van der Waals surface area (Å²) in [7, 11) is 2.03. The van der Waals surface area contributed by atoms with Gasteiger partial charge in [-0.25, -0.2) is 0 Å². The quantitative estimate of drug-likeness (QED) is 0.865. The molecule has 2 heteroatoms. The van der Waals surface area contributed by atoms with Gasteiger partial charge in [0, 0.05) is 23.8 Å². The highest BCUT2D eigenvalue weighted by atomic mass is 14.9. The van der Waals surface area contributed by atoms with Crippen LogP contribution in [0.3, 0.4) is 0 Å². The summed E-state index contributed by atoms with van der Waals surface area (Å²) in [5.74, 6) is 0.516. The molecule has 0 fully saturated rings. The van der Waals surface area contributed by atoms with Gasteiger partial charge in [-0.1, -0.05) is 32.0 Å². The van der Waals surface area contributed by atoms with Gasteiger partial charge < -0.3 is 5.32 Å². The van der Waals surface area contributed by atoms with E-state index >= 15 is 0 Å². The van der Waals surface area contributed by atoms with E-state index in [-0.39, 0.29) is 0 Å². The highest BCUT2D eigenvalue weighted by Crippen LogP contribution is 2.35. The highest BCUT2D eigenvalue weighted by Gasteiger charge is 2.19. The van der Waals surface area contributed by atoms with E-state index in [1.807, 2.05) is 7.05 Å². The Kier molecular flexibility index (Phi) is 3.17. The lowest BCUT2D eigenvalue weighted by Gasteiger charge is -2.22. The molecule has 0 aliphatic heterocycles.